The summed E-state index contributed by atoms with van der Waals surface area (Å²) in [5, 5.41) is 22.7. The standard InChI is InChI=1S/C20H19N3O7S/c1-3-29-17-11-15(23(26)27)13(10-16(17)28-2)20(25)30-12-19(24)22-14-6-4-5-7-18(14)31-9-8-21/h4-7,10-11H,3,9,12H2,1-2H3,(H,22,24). The number of hydrogen-bond donors (Lipinski definition) is 1. The highest BCUT2D eigenvalue weighted by atomic mass is 32.2. The number of para-hydroxylation sites is 1. The highest BCUT2D eigenvalue weighted by Crippen LogP contribution is 2.35. The third-order valence-electron chi connectivity index (χ3n) is 3.79. The Morgan fingerprint density at radius 1 is 1.26 bits per heavy atom. The number of carbonyl (C=O) groups excluding carboxylic acids is 2. The molecule has 0 fully saturated rings. The molecule has 2 rings (SSSR count). The van der Waals surface area contributed by atoms with E-state index in [1.165, 1.54) is 18.9 Å². The van der Waals surface area contributed by atoms with Crippen LogP contribution < -0.4 is 14.8 Å². The maximum Gasteiger partial charge on any atom is 0.345 e. The van der Waals surface area contributed by atoms with E-state index in [-0.39, 0.29) is 29.4 Å². The Hall–Kier alpha value is -3.78. The molecule has 0 aromatic heterocycles. The first-order valence-electron chi connectivity index (χ1n) is 8.96. The number of methoxy groups -OCH3 is 1. The zero-order valence-corrected chi connectivity index (χ0v) is 17.6. The Morgan fingerprint density at radius 2 is 2.00 bits per heavy atom. The van der Waals surface area contributed by atoms with Crippen molar-refractivity contribution in [3.05, 3.63) is 52.1 Å². The van der Waals surface area contributed by atoms with Gasteiger partial charge in [-0.1, -0.05) is 12.1 Å². The lowest BCUT2D eigenvalue weighted by atomic mass is 10.1. The lowest BCUT2D eigenvalue weighted by molar-refractivity contribution is -0.385. The summed E-state index contributed by atoms with van der Waals surface area (Å²) in [7, 11) is 1.33. The first-order valence-corrected chi connectivity index (χ1v) is 9.94. The zero-order valence-electron chi connectivity index (χ0n) is 16.7. The molecule has 0 aliphatic carbocycles. The monoisotopic (exact) mass is 445 g/mol. The van der Waals surface area contributed by atoms with Crippen LogP contribution in [0.15, 0.2) is 41.3 Å². The highest BCUT2D eigenvalue weighted by Gasteiger charge is 2.26. The summed E-state index contributed by atoms with van der Waals surface area (Å²) in [6.45, 7) is 1.28. The minimum Gasteiger partial charge on any atom is -0.493 e. The van der Waals surface area contributed by atoms with Gasteiger partial charge in [-0.2, -0.15) is 5.26 Å². The fraction of sp³-hybridized carbons (Fsp3) is 0.250. The number of thioether (sulfide) groups is 1. The average Bonchev–Trinajstić information content (AvgIpc) is 2.76. The SMILES string of the molecule is CCOc1cc([N+](=O)[O-])c(C(=O)OCC(=O)Nc2ccccc2SCC#N)cc1OC. The van der Waals surface area contributed by atoms with Gasteiger partial charge in [0, 0.05) is 11.0 Å². The predicted octanol–water partition coefficient (Wildman–Crippen LogP) is 3.41. The Kier molecular flexibility index (Phi) is 8.65. The molecule has 0 bridgehead atoms. The first-order chi connectivity index (χ1) is 14.9. The van der Waals surface area contributed by atoms with E-state index in [4.69, 9.17) is 19.5 Å². The molecule has 0 saturated carbocycles. The van der Waals surface area contributed by atoms with E-state index in [0.29, 0.717) is 10.6 Å². The number of nitriles is 1. The van der Waals surface area contributed by atoms with Crippen LogP contribution in [-0.2, 0) is 9.53 Å². The number of nitrogens with zero attached hydrogens (tertiary/aromatic N) is 2. The third kappa shape index (κ3) is 6.35. The minimum atomic E-state index is -1.06. The largest absolute Gasteiger partial charge is 0.493 e. The van der Waals surface area contributed by atoms with Gasteiger partial charge in [0.1, 0.15) is 5.56 Å². The molecule has 0 aliphatic heterocycles. The molecular formula is C20H19N3O7S. The van der Waals surface area contributed by atoms with Crippen molar-refractivity contribution in [2.24, 2.45) is 0 Å². The van der Waals surface area contributed by atoms with Crippen molar-refractivity contribution < 1.29 is 28.7 Å². The number of amides is 1. The topological polar surface area (TPSA) is 141 Å². The quantitative estimate of drug-likeness (QED) is 0.252. The van der Waals surface area contributed by atoms with E-state index in [2.05, 4.69) is 5.32 Å². The number of anilines is 1. The average molecular weight is 445 g/mol. The van der Waals surface area contributed by atoms with Crippen LogP contribution in [0, 0.1) is 21.4 Å². The van der Waals surface area contributed by atoms with Gasteiger partial charge in [-0.25, -0.2) is 4.79 Å². The van der Waals surface area contributed by atoms with Crippen LogP contribution in [0.2, 0.25) is 0 Å². The second-order valence-corrected chi connectivity index (χ2v) is 6.79. The van der Waals surface area contributed by atoms with Crippen molar-refractivity contribution in [2.75, 3.05) is 31.4 Å². The van der Waals surface area contributed by atoms with Gasteiger partial charge in [0.25, 0.3) is 11.6 Å². The number of carbonyl (C=O) groups is 2. The van der Waals surface area contributed by atoms with Gasteiger partial charge < -0.3 is 19.5 Å². The van der Waals surface area contributed by atoms with Crippen molar-refractivity contribution in [3.63, 3.8) is 0 Å². The van der Waals surface area contributed by atoms with E-state index in [0.717, 1.165) is 12.1 Å². The van der Waals surface area contributed by atoms with Crippen molar-refractivity contribution in [2.45, 2.75) is 11.8 Å². The molecule has 0 saturated heterocycles. The Morgan fingerprint density at radius 3 is 2.65 bits per heavy atom. The summed E-state index contributed by atoms with van der Waals surface area (Å²) in [5.74, 6) is -1.27. The number of esters is 1. The van der Waals surface area contributed by atoms with Gasteiger partial charge in [0.15, 0.2) is 18.1 Å². The van der Waals surface area contributed by atoms with Gasteiger partial charge in [-0.3, -0.25) is 14.9 Å². The maximum absolute atomic E-state index is 12.4. The molecule has 0 aliphatic rings. The van der Waals surface area contributed by atoms with Crippen LogP contribution >= 0.6 is 11.8 Å². The minimum absolute atomic E-state index is 0.109. The molecule has 0 radical (unpaired) electrons. The molecule has 1 amide bonds. The summed E-state index contributed by atoms with van der Waals surface area (Å²) in [6, 6.07) is 11.0. The molecule has 1 N–H and O–H groups in total. The molecule has 10 nitrogen and oxygen atoms in total. The van der Waals surface area contributed by atoms with Crippen molar-refractivity contribution in [1.82, 2.24) is 0 Å². The summed E-state index contributed by atoms with van der Waals surface area (Å²) >= 11 is 1.24. The number of nitrogens with one attached hydrogen (secondary N) is 1. The number of benzene rings is 2. The molecule has 0 unspecified atom stereocenters. The fourth-order valence-electron chi connectivity index (χ4n) is 2.49. The second kappa shape index (κ2) is 11.4. The van der Waals surface area contributed by atoms with Gasteiger partial charge in [-0.05, 0) is 19.1 Å². The molecule has 0 atom stereocenters. The lowest BCUT2D eigenvalue weighted by Crippen LogP contribution is -2.21. The number of rotatable bonds is 10. The van der Waals surface area contributed by atoms with Crippen molar-refractivity contribution >= 4 is 35.0 Å². The zero-order chi connectivity index (χ0) is 22.8. The number of nitro groups is 1. The van der Waals surface area contributed by atoms with E-state index in [1.807, 2.05) is 6.07 Å². The third-order valence-corrected chi connectivity index (χ3v) is 4.73. The molecular weight excluding hydrogens is 426 g/mol. The molecule has 162 valence electrons. The predicted molar refractivity (Wildman–Crippen MR) is 113 cm³/mol. The van der Waals surface area contributed by atoms with Crippen LogP contribution in [-0.4, -0.2) is 42.9 Å². The number of ether oxygens (including phenoxy) is 3. The van der Waals surface area contributed by atoms with Crippen LogP contribution in [0.3, 0.4) is 0 Å². The Labute approximate surface area is 182 Å². The summed E-state index contributed by atoms with van der Waals surface area (Å²) in [5.41, 5.74) is -0.450. The van der Waals surface area contributed by atoms with E-state index < -0.39 is 29.1 Å². The molecule has 11 heteroatoms. The summed E-state index contributed by atoms with van der Waals surface area (Å²) in [4.78, 5) is 36.0. The van der Waals surface area contributed by atoms with Crippen LogP contribution in [0.1, 0.15) is 17.3 Å². The summed E-state index contributed by atoms with van der Waals surface area (Å²) in [6.07, 6.45) is 0. The van der Waals surface area contributed by atoms with Crippen molar-refractivity contribution in [1.29, 1.82) is 5.26 Å². The van der Waals surface area contributed by atoms with Crippen molar-refractivity contribution in [3.8, 4) is 17.6 Å². The molecule has 2 aromatic carbocycles. The van der Waals surface area contributed by atoms with Crippen LogP contribution in [0.4, 0.5) is 11.4 Å². The normalized spacial score (nSPS) is 9.97. The van der Waals surface area contributed by atoms with Crippen LogP contribution in [0.25, 0.3) is 0 Å². The summed E-state index contributed by atoms with van der Waals surface area (Å²) < 4.78 is 15.4. The van der Waals surface area contributed by atoms with Crippen LogP contribution in [0.5, 0.6) is 11.5 Å². The number of nitro benzene ring substituents is 1. The van der Waals surface area contributed by atoms with E-state index in [9.17, 15) is 19.7 Å². The lowest BCUT2D eigenvalue weighted by Gasteiger charge is -2.12. The molecule has 0 spiro atoms. The maximum atomic E-state index is 12.4. The van der Waals surface area contributed by atoms with Gasteiger partial charge in [-0.15, -0.1) is 11.8 Å². The van der Waals surface area contributed by atoms with Gasteiger partial charge >= 0.3 is 5.97 Å². The smallest absolute Gasteiger partial charge is 0.345 e. The molecule has 31 heavy (non-hydrogen) atoms. The van der Waals surface area contributed by atoms with Gasteiger partial charge in [0.05, 0.1) is 42.2 Å². The highest BCUT2D eigenvalue weighted by molar-refractivity contribution is 7.99. The first kappa shape index (κ1) is 23.5. The molecule has 2 aromatic rings. The second-order valence-electron chi connectivity index (χ2n) is 5.78. The fourth-order valence-corrected chi connectivity index (χ4v) is 3.16. The Bertz CT molecular complexity index is 1020. The van der Waals surface area contributed by atoms with E-state index in [1.54, 1.807) is 31.2 Å². The number of hydrogen-bond acceptors (Lipinski definition) is 9. The van der Waals surface area contributed by atoms with E-state index >= 15 is 0 Å². The van der Waals surface area contributed by atoms with Gasteiger partial charge in [0.2, 0.25) is 0 Å². The molecule has 0 heterocycles. The Balaban J connectivity index is 2.13.